The van der Waals surface area contributed by atoms with Crippen LogP contribution in [0.3, 0.4) is 0 Å². The van der Waals surface area contributed by atoms with E-state index in [0.29, 0.717) is 5.92 Å². The van der Waals surface area contributed by atoms with E-state index in [1.54, 1.807) is 0 Å². The summed E-state index contributed by atoms with van der Waals surface area (Å²) in [5.41, 5.74) is 4.94. The van der Waals surface area contributed by atoms with Crippen LogP contribution in [0.2, 0.25) is 0 Å². The van der Waals surface area contributed by atoms with E-state index in [1.807, 2.05) is 13.1 Å². The Morgan fingerprint density at radius 3 is 2.47 bits per heavy atom. The lowest BCUT2D eigenvalue weighted by molar-refractivity contribution is 0.309. The summed E-state index contributed by atoms with van der Waals surface area (Å²) in [7, 11) is 4.05. The number of benzene rings is 2. The molecule has 5 heteroatoms. The van der Waals surface area contributed by atoms with E-state index in [9.17, 15) is 0 Å². The van der Waals surface area contributed by atoms with Crippen molar-refractivity contribution in [3.8, 4) is 11.1 Å². The van der Waals surface area contributed by atoms with Crippen molar-refractivity contribution < 1.29 is 0 Å². The van der Waals surface area contributed by atoms with Gasteiger partial charge in [0.25, 0.3) is 0 Å². The lowest BCUT2D eigenvalue weighted by atomic mass is 9.96. The third-order valence-electron chi connectivity index (χ3n) is 5.69. The summed E-state index contributed by atoms with van der Waals surface area (Å²) in [5, 5.41) is 6.69. The Hall–Kier alpha value is -2.76. The minimum absolute atomic E-state index is 0.475. The first-order valence-electron chi connectivity index (χ1n) is 10.8. The average Bonchev–Trinajstić information content (AvgIpc) is 2.80. The van der Waals surface area contributed by atoms with E-state index in [1.165, 1.54) is 29.5 Å². The molecular weight excluding hydrogens is 370 g/mol. The molecule has 156 valence electrons. The van der Waals surface area contributed by atoms with Gasteiger partial charge in [0.15, 0.2) is 0 Å². The maximum absolute atomic E-state index is 4.91. The van der Waals surface area contributed by atoms with Gasteiger partial charge >= 0.3 is 0 Å². The van der Waals surface area contributed by atoms with Crippen molar-refractivity contribution in [1.82, 2.24) is 20.2 Å². The summed E-state index contributed by atoms with van der Waals surface area (Å²) in [4.78, 5) is 11.9. The maximum atomic E-state index is 4.91. The van der Waals surface area contributed by atoms with Gasteiger partial charge in [0.05, 0.1) is 12.2 Å². The highest BCUT2D eigenvalue weighted by molar-refractivity contribution is 5.63. The van der Waals surface area contributed by atoms with E-state index >= 15 is 0 Å². The first-order valence-corrected chi connectivity index (χ1v) is 10.8. The monoisotopic (exact) mass is 401 g/mol. The van der Waals surface area contributed by atoms with E-state index in [2.05, 4.69) is 77.2 Å². The van der Waals surface area contributed by atoms with Crippen LogP contribution in [0.5, 0.6) is 0 Å². The topological polar surface area (TPSA) is 53.1 Å². The fourth-order valence-corrected chi connectivity index (χ4v) is 4.07. The lowest BCUT2D eigenvalue weighted by Crippen LogP contribution is -2.29. The second kappa shape index (κ2) is 9.83. The third-order valence-corrected chi connectivity index (χ3v) is 5.69. The van der Waals surface area contributed by atoms with Crippen molar-refractivity contribution in [3.63, 3.8) is 0 Å². The van der Waals surface area contributed by atoms with Gasteiger partial charge in [-0.15, -0.1) is 0 Å². The van der Waals surface area contributed by atoms with Crippen LogP contribution in [-0.2, 0) is 13.1 Å². The van der Waals surface area contributed by atoms with Gasteiger partial charge in [-0.25, -0.2) is 9.97 Å². The standard InChI is InChI=1S/C25H31N5/c1-26-24-15-23(22-9-6-14-27-16-22)28-25(29-24)18-30(2)17-19-10-12-21(13-11-19)20-7-4-3-5-8-20/h3-5,7-8,10-13,15,22,27H,6,9,14,16-18H2,1-2H3,(H,26,28,29)/t22-/m0/s1. The molecule has 30 heavy (non-hydrogen) atoms. The summed E-state index contributed by atoms with van der Waals surface area (Å²) in [6.07, 6.45) is 2.40. The van der Waals surface area contributed by atoms with Crippen molar-refractivity contribution in [2.24, 2.45) is 0 Å². The summed E-state index contributed by atoms with van der Waals surface area (Å²) in [5.74, 6) is 2.26. The van der Waals surface area contributed by atoms with Crippen LogP contribution >= 0.6 is 0 Å². The summed E-state index contributed by atoms with van der Waals surface area (Å²) < 4.78 is 0. The van der Waals surface area contributed by atoms with Crippen molar-refractivity contribution >= 4 is 5.82 Å². The van der Waals surface area contributed by atoms with Crippen LogP contribution in [0.25, 0.3) is 11.1 Å². The Kier molecular flexibility index (Phi) is 6.72. The van der Waals surface area contributed by atoms with Gasteiger partial charge in [-0.3, -0.25) is 4.90 Å². The van der Waals surface area contributed by atoms with Gasteiger partial charge < -0.3 is 10.6 Å². The number of rotatable bonds is 7. The highest BCUT2D eigenvalue weighted by atomic mass is 15.1. The fraction of sp³-hybridized carbons (Fsp3) is 0.360. The smallest absolute Gasteiger partial charge is 0.144 e. The second-order valence-electron chi connectivity index (χ2n) is 8.12. The van der Waals surface area contributed by atoms with Crippen molar-refractivity contribution in [1.29, 1.82) is 0 Å². The molecule has 0 spiro atoms. The third kappa shape index (κ3) is 5.23. The molecule has 1 aromatic heterocycles. The molecule has 1 aliphatic heterocycles. The molecule has 0 unspecified atom stereocenters. The van der Waals surface area contributed by atoms with Crippen LogP contribution < -0.4 is 10.6 Å². The van der Waals surface area contributed by atoms with Gasteiger partial charge in [0.2, 0.25) is 0 Å². The number of hydrogen-bond donors (Lipinski definition) is 2. The molecule has 1 fully saturated rings. The zero-order chi connectivity index (χ0) is 20.8. The Morgan fingerprint density at radius 1 is 1.00 bits per heavy atom. The molecule has 0 saturated carbocycles. The molecule has 5 nitrogen and oxygen atoms in total. The van der Waals surface area contributed by atoms with E-state index in [-0.39, 0.29) is 0 Å². The Morgan fingerprint density at radius 2 is 1.77 bits per heavy atom. The van der Waals surface area contributed by atoms with Gasteiger partial charge in [-0.1, -0.05) is 54.6 Å². The number of piperidine rings is 1. The van der Waals surface area contributed by atoms with Crippen molar-refractivity contribution in [3.05, 3.63) is 77.7 Å². The summed E-state index contributed by atoms with van der Waals surface area (Å²) in [6.45, 7) is 3.70. The second-order valence-corrected chi connectivity index (χ2v) is 8.12. The van der Waals surface area contributed by atoms with Gasteiger partial charge in [0.1, 0.15) is 11.6 Å². The molecule has 1 atom stereocenters. The zero-order valence-corrected chi connectivity index (χ0v) is 17.9. The molecule has 2 heterocycles. The minimum Gasteiger partial charge on any atom is -0.373 e. The molecule has 4 rings (SSSR count). The predicted molar refractivity (Wildman–Crippen MR) is 123 cm³/mol. The predicted octanol–water partition coefficient (Wildman–Crippen LogP) is 4.28. The Labute approximate surface area is 179 Å². The van der Waals surface area contributed by atoms with E-state index in [0.717, 1.165) is 43.5 Å². The number of aromatic nitrogens is 2. The minimum atomic E-state index is 0.475. The molecule has 0 bridgehead atoms. The molecule has 1 saturated heterocycles. The number of nitrogens with one attached hydrogen (secondary N) is 2. The van der Waals surface area contributed by atoms with Gasteiger partial charge in [0, 0.05) is 32.1 Å². The van der Waals surface area contributed by atoms with Crippen LogP contribution in [0.1, 0.15) is 35.8 Å². The van der Waals surface area contributed by atoms with Crippen LogP contribution in [-0.4, -0.2) is 42.1 Å². The zero-order valence-electron chi connectivity index (χ0n) is 17.9. The quantitative estimate of drug-likeness (QED) is 0.619. The SMILES string of the molecule is CNc1cc([C@H]2CCCNC2)nc(CN(C)Cc2ccc(-c3ccccc3)cc2)n1. The van der Waals surface area contributed by atoms with Crippen molar-refractivity contribution in [2.45, 2.75) is 31.8 Å². The molecule has 0 radical (unpaired) electrons. The molecule has 3 aromatic rings. The summed E-state index contributed by atoms with van der Waals surface area (Å²) >= 11 is 0. The highest BCUT2D eigenvalue weighted by Crippen LogP contribution is 2.24. The fourth-order valence-electron chi connectivity index (χ4n) is 4.07. The maximum Gasteiger partial charge on any atom is 0.144 e. The molecule has 0 aliphatic carbocycles. The summed E-state index contributed by atoms with van der Waals surface area (Å²) in [6, 6.07) is 21.4. The Balaban J connectivity index is 1.42. The number of nitrogens with zero attached hydrogens (tertiary/aromatic N) is 3. The van der Waals surface area contributed by atoms with Crippen molar-refractivity contribution in [2.75, 3.05) is 32.5 Å². The van der Waals surface area contributed by atoms with Crippen LogP contribution in [0, 0.1) is 0 Å². The van der Waals surface area contributed by atoms with Gasteiger partial charge in [-0.05, 0) is 43.1 Å². The van der Waals surface area contributed by atoms with E-state index in [4.69, 9.17) is 9.97 Å². The first kappa shape index (κ1) is 20.5. The van der Waals surface area contributed by atoms with Crippen LogP contribution in [0.4, 0.5) is 5.82 Å². The van der Waals surface area contributed by atoms with Gasteiger partial charge in [-0.2, -0.15) is 0 Å². The molecule has 2 aromatic carbocycles. The largest absolute Gasteiger partial charge is 0.373 e. The van der Waals surface area contributed by atoms with Crippen LogP contribution in [0.15, 0.2) is 60.7 Å². The molecule has 1 aliphatic rings. The average molecular weight is 402 g/mol. The molecule has 0 amide bonds. The normalized spacial score (nSPS) is 16.6. The highest BCUT2D eigenvalue weighted by Gasteiger charge is 2.18. The lowest BCUT2D eigenvalue weighted by Gasteiger charge is -2.23. The Bertz CT molecular complexity index is 934. The first-order chi connectivity index (χ1) is 14.7. The number of anilines is 1. The molecule has 2 N–H and O–H groups in total. The van der Waals surface area contributed by atoms with E-state index < -0.39 is 0 Å². The number of hydrogen-bond acceptors (Lipinski definition) is 5. The molecular formula is C25H31N5.